The first-order valence-electron chi connectivity index (χ1n) is 10.7. The minimum Gasteiger partial charge on any atom is -0.461 e. The predicted molar refractivity (Wildman–Crippen MR) is 121 cm³/mol. The Morgan fingerprint density at radius 2 is 1.91 bits per heavy atom. The molecule has 0 bridgehead atoms. The van der Waals surface area contributed by atoms with E-state index in [1.807, 2.05) is 13.0 Å². The Labute approximate surface area is 189 Å². The molecule has 1 heterocycles. The molecule has 1 aromatic carbocycles. The molecular formula is C24H31N3O5. The van der Waals surface area contributed by atoms with Gasteiger partial charge in [0.25, 0.3) is 0 Å². The van der Waals surface area contributed by atoms with E-state index >= 15 is 0 Å². The van der Waals surface area contributed by atoms with Gasteiger partial charge in [-0.05, 0) is 40.0 Å². The minimum atomic E-state index is -2.06. The average molecular weight is 442 g/mol. The van der Waals surface area contributed by atoms with Crippen LogP contribution in [0.4, 0.5) is 4.79 Å². The maximum absolute atomic E-state index is 12.6. The molecule has 1 aromatic rings. The third-order valence-electron chi connectivity index (χ3n) is 4.16. The Balaban J connectivity index is 2.57. The second kappa shape index (κ2) is 10.8. The predicted octanol–water partition coefficient (Wildman–Crippen LogP) is 3.52. The van der Waals surface area contributed by atoms with Crippen molar-refractivity contribution in [2.75, 3.05) is 6.61 Å². The number of hydrogen-bond acceptors (Lipinski definition) is 7. The number of unbranched alkanes of at least 4 members (excludes halogenated alkanes) is 2. The fourth-order valence-corrected chi connectivity index (χ4v) is 2.78. The number of hydrazine groups is 1. The molecule has 0 aliphatic carbocycles. The number of carbonyl (C=O) groups is 2. The zero-order valence-electron chi connectivity index (χ0n) is 19.3. The summed E-state index contributed by atoms with van der Waals surface area (Å²) in [5, 5.41) is 12.6. The van der Waals surface area contributed by atoms with Crippen LogP contribution in [-0.2, 0) is 14.3 Å². The third-order valence-corrected chi connectivity index (χ3v) is 4.16. The molecule has 1 unspecified atom stereocenters. The van der Waals surface area contributed by atoms with Gasteiger partial charge in [-0.25, -0.2) is 25.0 Å². The fourth-order valence-electron chi connectivity index (χ4n) is 2.78. The van der Waals surface area contributed by atoms with E-state index in [1.54, 1.807) is 52.0 Å². The normalized spacial score (nSPS) is 18.0. The zero-order chi connectivity index (χ0) is 23.8. The number of benzene rings is 1. The van der Waals surface area contributed by atoms with Gasteiger partial charge in [0.2, 0.25) is 5.72 Å². The number of rotatable bonds is 6. The molecule has 8 heteroatoms. The van der Waals surface area contributed by atoms with Gasteiger partial charge in [0.1, 0.15) is 5.60 Å². The second-order valence-corrected chi connectivity index (χ2v) is 8.13. The van der Waals surface area contributed by atoms with Crippen molar-refractivity contribution in [1.29, 1.82) is 0 Å². The van der Waals surface area contributed by atoms with Gasteiger partial charge in [0.15, 0.2) is 11.5 Å². The lowest BCUT2D eigenvalue weighted by atomic mass is 10.1. The van der Waals surface area contributed by atoms with E-state index in [2.05, 4.69) is 22.3 Å². The number of amidine groups is 1. The summed E-state index contributed by atoms with van der Waals surface area (Å²) in [6.45, 7) is 9.04. The summed E-state index contributed by atoms with van der Waals surface area (Å²) in [7, 11) is 0. The molecule has 32 heavy (non-hydrogen) atoms. The van der Waals surface area contributed by atoms with Crippen molar-refractivity contribution in [1.82, 2.24) is 10.4 Å². The molecule has 0 spiro atoms. The van der Waals surface area contributed by atoms with E-state index in [1.165, 1.54) is 6.08 Å². The lowest BCUT2D eigenvalue weighted by molar-refractivity contribution is -0.138. The molecule has 1 amide bonds. The first-order valence-corrected chi connectivity index (χ1v) is 10.7. The van der Waals surface area contributed by atoms with E-state index in [9.17, 15) is 14.7 Å². The van der Waals surface area contributed by atoms with E-state index in [0.29, 0.717) is 12.0 Å². The average Bonchev–Trinajstić information content (AvgIpc) is 2.72. The monoisotopic (exact) mass is 441 g/mol. The van der Waals surface area contributed by atoms with Gasteiger partial charge in [-0.1, -0.05) is 49.6 Å². The molecule has 2 N–H and O–H groups in total. The van der Waals surface area contributed by atoms with Gasteiger partial charge >= 0.3 is 12.1 Å². The summed E-state index contributed by atoms with van der Waals surface area (Å²) in [4.78, 5) is 29.4. The van der Waals surface area contributed by atoms with Crippen LogP contribution < -0.4 is 5.43 Å². The SMILES string of the molecule is CCCCC#CC1(O)C=C(C(=O)OCC)N=C(c2ccccc2)N1NC(=O)OC(C)(C)C. The van der Waals surface area contributed by atoms with Gasteiger partial charge in [-0.15, -0.1) is 0 Å². The lowest BCUT2D eigenvalue weighted by Crippen LogP contribution is -2.61. The van der Waals surface area contributed by atoms with Crippen LogP contribution in [0.25, 0.3) is 0 Å². The summed E-state index contributed by atoms with van der Waals surface area (Å²) in [5.74, 6) is 5.12. The van der Waals surface area contributed by atoms with Crippen LogP contribution >= 0.6 is 0 Å². The summed E-state index contributed by atoms with van der Waals surface area (Å²) < 4.78 is 10.4. The molecule has 2 rings (SSSR count). The number of amides is 1. The van der Waals surface area contributed by atoms with Crippen molar-refractivity contribution < 1.29 is 24.2 Å². The van der Waals surface area contributed by atoms with Gasteiger partial charge < -0.3 is 14.6 Å². The number of carbonyl (C=O) groups excluding carboxylic acids is 2. The van der Waals surface area contributed by atoms with E-state index in [0.717, 1.165) is 17.9 Å². The smallest absolute Gasteiger partial charge is 0.426 e. The van der Waals surface area contributed by atoms with Crippen LogP contribution in [0.2, 0.25) is 0 Å². The van der Waals surface area contributed by atoms with Crippen LogP contribution in [0.15, 0.2) is 47.1 Å². The summed E-state index contributed by atoms with van der Waals surface area (Å²) >= 11 is 0. The minimum absolute atomic E-state index is 0.111. The van der Waals surface area contributed by atoms with E-state index < -0.39 is 23.4 Å². The van der Waals surface area contributed by atoms with Gasteiger partial charge in [0.05, 0.1) is 6.61 Å². The maximum atomic E-state index is 12.6. The number of esters is 1. The molecule has 1 atom stereocenters. The Morgan fingerprint density at radius 1 is 1.22 bits per heavy atom. The Morgan fingerprint density at radius 3 is 2.50 bits per heavy atom. The second-order valence-electron chi connectivity index (χ2n) is 8.13. The first-order chi connectivity index (χ1) is 15.1. The van der Waals surface area contributed by atoms with Crippen LogP contribution in [-0.4, -0.2) is 45.9 Å². The number of aliphatic hydroxyl groups is 1. The molecular weight excluding hydrogens is 410 g/mol. The van der Waals surface area contributed by atoms with Crippen molar-refractivity contribution in [2.45, 2.75) is 65.2 Å². The molecule has 1 aliphatic rings. The van der Waals surface area contributed by atoms with E-state index in [-0.39, 0.29) is 18.1 Å². The number of ether oxygens (including phenoxy) is 2. The maximum Gasteiger partial charge on any atom is 0.426 e. The van der Waals surface area contributed by atoms with Crippen molar-refractivity contribution in [3.8, 4) is 11.8 Å². The quantitative estimate of drug-likeness (QED) is 0.398. The standard InChI is InChI=1S/C24H31N3O5/c1-6-8-9-13-16-24(30)17-19(21(28)31-7-2)25-20(18-14-11-10-12-15-18)27(24)26-22(29)32-23(3,4)5/h10-12,14-15,17,30H,6-9H2,1-5H3,(H,26,29). The number of hydrogen-bond donors (Lipinski definition) is 2. The fraction of sp³-hybridized carbons (Fsp3) is 0.458. The van der Waals surface area contributed by atoms with Gasteiger partial charge in [0, 0.05) is 18.1 Å². The van der Waals surface area contributed by atoms with E-state index in [4.69, 9.17) is 9.47 Å². The van der Waals surface area contributed by atoms with Crippen molar-refractivity contribution >= 4 is 17.9 Å². The highest BCUT2D eigenvalue weighted by atomic mass is 16.6. The summed E-state index contributed by atoms with van der Waals surface area (Å²) in [6, 6.07) is 8.84. The van der Waals surface area contributed by atoms with Gasteiger partial charge in [-0.2, -0.15) is 0 Å². The molecule has 0 radical (unpaired) electrons. The van der Waals surface area contributed by atoms with Crippen molar-refractivity contribution in [2.24, 2.45) is 4.99 Å². The van der Waals surface area contributed by atoms with Gasteiger partial charge in [-0.3, -0.25) is 0 Å². The molecule has 0 saturated carbocycles. The number of nitrogens with one attached hydrogen (secondary N) is 1. The molecule has 0 fully saturated rings. The molecule has 1 aliphatic heterocycles. The highest BCUT2D eigenvalue weighted by Crippen LogP contribution is 2.25. The van der Waals surface area contributed by atoms with Crippen LogP contribution in [0.5, 0.6) is 0 Å². The van der Waals surface area contributed by atoms with Crippen LogP contribution in [0, 0.1) is 11.8 Å². The zero-order valence-corrected chi connectivity index (χ0v) is 19.3. The molecule has 0 saturated heterocycles. The Hall–Kier alpha value is -3.31. The molecule has 0 aromatic heterocycles. The number of aliphatic imine (C=N–C) groups is 1. The highest BCUT2D eigenvalue weighted by Gasteiger charge is 2.41. The summed E-state index contributed by atoms with van der Waals surface area (Å²) in [5.41, 5.74) is 0.158. The van der Waals surface area contributed by atoms with Crippen molar-refractivity contribution in [3.63, 3.8) is 0 Å². The van der Waals surface area contributed by atoms with Crippen LogP contribution in [0.3, 0.4) is 0 Å². The number of nitrogens with zero attached hydrogens (tertiary/aromatic N) is 2. The Kier molecular flexibility index (Phi) is 8.44. The summed E-state index contributed by atoms with van der Waals surface area (Å²) in [6.07, 6.45) is 2.69. The van der Waals surface area contributed by atoms with Crippen molar-refractivity contribution in [3.05, 3.63) is 47.7 Å². The lowest BCUT2D eigenvalue weighted by Gasteiger charge is -2.38. The Bertz CT molecular complexity index is 938. The molecule has 8 nitrogen and oxygen atoms in total. The molecule has 172 valence electrons. The largest absolute Gasteiger partial charge is 0.461 e. The third kappa shape index (κ3) is 6.86. The topological polar surface area (TPSA) is 100 Å². The van der Waals surface area contributed by atoms with Crippen LogP contribution in [0.1, 0.15) is 59.4 Å². The highest BCUT2D eigenvalue weighted by molar-refractivity contribution is 6.05. The first kappa shape index (κ1) is 25.0.